The molecule has 2 fully saturated rings. The molecule has 0 amide bonds. The van der Waals surface area contributed by atoms with Gasteiger partial charge in [-0.1, -0.05) is 30.7 Å². The normalized spacial score (nSPS) is 19.4. The summed E-state index contributed by atoms with van der Waals surface area (Å²) in [7, 11) is 0. The number of nitrogens with one attached hydrogen (secondary N) is 1. The average Bonchev–Trinajstić information content (AvgIpc) is 3.30. The lowest BCUT2D eigenvalue weighted by Crippen LogP contribution is -2.34. The van der Waals surface area contributed by atoms with Gasteiger partial charge in [-0.05, 0) is 48.8 Å². The number of hydrogen-bond acceptors (Lipinski definition) is 3. The highest BCUT2D eigenvalue weighted by atomic mass is 32.2. The molecule has 1 saturated carbocycles. The van der Waals surface area contributed by atoms with Crippen LogP contribution < -0.4 is 9.62 Å². The van der Waals surface area contributed by atoms with E-state index in [-0.39, 0.29) is 5.75 Å². The van der Waals surface area contributed by atoms with Crippen molar-refractivity contribution in [2.75, 3.05) is 28.5 Å². The molecule has 1 heterocycles. The minimum absolute atomic E-state index is 0.00821. The van der Waals surface area contributed by atoms with Crippen LogP contribution in [-0.4, -0.2) is 25.0 Å². The van der Waals surface area contributed by atoms with Crippen molar-refractivity contribution >= 4 is 29.4 Å². The maximum atomic E-state index is 12.2. The largest absolute Gasteiger partial charge is 0.389 e. The summed E-state index contributed by atoms with van der Waals surface area (Å²) in [5, 5.41) is 0. The monoisotopic (exact) mass is 356 g/mol. The van der Waals surface area contributed by atoms with Gasteiger partial charge in [0.1, 0.15) is 0 Å². The van der Waals surface area contributed by atoms with Crippen LogP contribution in [0.3, 0.4) is 0 Å². The summed E-state index contributed by atoms with van der Waals surface area (Å²) in [5.41, 5.74) is 3.66. The summed E-state index contributed by atoms with van der Waals surface area (Å²) in [6.45, 7) is 5.98. The molecule has 0 unspecified atom stereocenters. The second-order valence-corrected chi connectivity index (χ2v) is 7.68. The molecule has 1 aromatic rings. The van der Waals surface area contributed by atoms with Crippen molar-refractivity contribution in [2.24, 2.45) is 5.41 Å². The minimum atomic E-state index is -4.10. The maximum absolute atomic E-state index is 12.2. The zero-order valence-electron chi connectivity index (χ0n) is 13.7. The van der Waals surface area contributed by atoms with E-state index in [9.17, 15) is 13.2 Å². The molecule has 132 valence electrons. The highest BCUT2D eigenvalue weighted by Crippen LogP contribution is 2.54. The molecule has 1 aliphatic heterocycles. The first-order valence-corrected chi connectivity index (χ1v) is 9.35. The Morgan fingerprint density at radius 3 is 2.50 bits per heavy atom. The van der Waals surface area contributed by atoms with Crippen molar-refractivity contribution in [3.63, 3.8) is 0 Å². The number of anilines is 2. The standard InChI is InChI=1S/C18H23F3N2S/c1-2-14-3-4-15(22-24-12-9-18(19,20)21)13-16(14)23-10-7-17(5-6-17)8-11-23/h2-4,13,22H,1,5-12H2. The first-order valence-electron chi connectivity index (χ1n) is 8.37. The molecule has 0 atom stereocenters. The summed E-state index contributed by atoms with van der Waals surface area (Å²) in [6.07, 6.45) is 2.18. The molecule has 1 spiro atoms. The maximum Gasteiger partial charge on any atom is 0.389 e. The van der Waals surface area contributed by atoms with Crippen LogP contribution in [0.15, 0.2) is 24.8 Å². The van der Waals surface area contributed by atoms with Crippen molar-refractivity contribution in [3.05, 3.63) is 30.3 Å². The number of halogens is 3. The molecule has 1 aliphatic carbocycles. The van der Waals surface area contributed by atoms with Gasteiger partial charge in [0.15, 0.2) is 0 Å². The molecule has 0 radical (unpaired) electrons. The lowest BCUT2D eigenvalue weighted by Gasteiger charge is -2.35. The second-order valence-electron chi connectivity index (χ2n) is 6.78. The van der Waals surface area contributed by atoms with Crippen LogP contribution in [0.2, 0.25) is 0 Å². The highest BCUT2D eigenvalue weighted by molar-refractivity contribution is 8.00. The van der Waals surface area contributed by atoms with E-state index in [1.807, 2.05) is 24.3 Å². The molecular weight excluding hydrogens is 333 g/mol. The summed E-state index contributed by atoms with van der Waals surface area (Å²) < 4.78 is 39.6. The van der Waals surface area contributed by atoms with Gasteiger partial charge in [0.2, 0.25) is 0 Å². The van der Waals surface area contributed by atoms with Crippen molar-refractivity contribution < 1.29 is 13.2 Å². The lowest BCUT2D eigenvalue weighted by atomic mass is 9.93. The number of alkyl halides is 3. The van der Waals surface area contributed by atoms with Crippen molar-refractivity contribution in [2.45, 2.75) is 38.3 Å². The molecule has 3 rings (SSSR count). The Labute approximate surface area is 145 Å². The zero-order chi connectivity index (χ0) is 17.2. The summed E-state index contributed by atoms with van der Waals surface area (Å²) in [6, 6.07) is 5.91. The topological polar surface area (TPSA) is 15.3 Å². The van der Waals surface area contributed by atoms with E-state index in [0.29, 0.717) is 5.41 Å². The Morgan fingerprint density at radius 2 is 1.92 bits per heavy atom. The third-order valence-corrected chi connectivity index (χ3v) is 5.84. The number of rotatable bonds is 6. The van der Waals surface area contributed by atoms with Crippen LogP contribution in [0.25, 0.3) is 6.08 Å². The fraction of sp³-hybridized carbons (Fsp3) is 0.556. The Balaban J connectivity index is 1.61. The first-order chi connectivity index (χ1) is 11.4. The van der Waals surface area contributed by atoms with Crippen LogP contribution in [0.5, 0.6) is 0 Å². The predicted molar refractivity (Wildman–Crippen MR) is 96.4 cm³/mol. The van der Waals surface area contributed by atoms with E-state index in [0.717, 1.165) is 42.0 Å². The van der Waals surface area contributed by atoms with Gasteiger partial charge >= 0.3 is 6.18 Å². The summed E-state index contributed by atoms with van der Waals surface area (Å²) in [4.78, 5) is 2.38. The third-order valence-electron chi connectivity index (χ3n) is 5.05. The fourth-order valence-corrected chi connectivity index (χ4v) is 3.98. The number of piperidine rings is 1. The third kappa shape index (κ3) is 4.41. The van der Waals surface area contributed by atoms with Crippen molar-refractivity contribution in [1.29, 1.82) is 0 Å². The second kappa shape index (κ2) is 6.90. The lowest BCUT2D eigenvalue weighted by molar-refractivity contribution is -0.129. The van der Waals surface area contributed by atoms with E-state index in [2.05, 4.69) is 16.2 Å². The van der Waals surface area contributed by atoms with Gasteiger partial charge in [-0.2, -0.15) is 13.2 Å². The average molecular weight is 356 g/mol. The quantitative estimate of drug-likeness (QED) is 0.518. The highest BCUT2D eigenvalue weighted by Gasteiger charge is 2.44. The minimum Gasteiger partial charge on any atom is -0.371 e. The molecular formula is C18H23F3N2S. The molecule has 1 aromatic carbocycles. The van der Waals surface area contributed by atoms with E-state index in [4.69, 9.17) is 0 Å². The Bertz CT molecular complexity index is 586. The molecule has 0 bridgehead atoms. The van der Waals surface area contributed by atoms with Gasteiger partial charge in [0.05, 0.1) is 6.42 Å². The van der Waals surface area contributed by atoms with E-state index >= 15 is 0 Å². The van der Waals surface area contributed by atoms with Gasteiger partial charge < -0.3 is 9.62 Å². The Morgan fingerprint density at radius 1 is 1.21 bits per heavy atom. The molecule has 2 aliphatic rings. The van der Waals surface area contributed by atoms with Gasteiger partial charge in [-0.3, -0.25) is 0 Å². The molecule has 2 nitrogen and oxygen atoms in total. The van der Waals surface area contributed by atoms with Crippen LogP contribution in [0, 0.1) is 5.41 Å². The molecule has 6 heteroatoms. The van der Waals surface area contributed by atoms with Gasteiger partial charge in [0.25, 0.3) is 0 Å². The first kappa shape index (κ1) is 17.5. The van der Waals surface area contributed by atoms with E-state index < -0.39 is 12.6 Å². The van der Waals surface area contributed by atoms with Crippen molar-refractivity contribution in [3.8, 4) is 0 Å². The van der Waals surface area contributed by atoms with Crippen LogP contribution in [-0.2, 0) is 0 Å². The number of nitrogens with zero attached hydrogens (tertiary/aromatic N) is 1. The fourth-order valence-electron chi connectivity index (χ4n) is 3.25. The smallest absolute Gasteiger partial charge is 0.371 e. The zero-order valence-corrected chi connectivity index (χ0v) is 14.5. The Hall–Kier alpha value is -1.30. The number of hydrogen-bond donors (Lipinski definition) is 1. The van der Waals surface area contributed by atoms with Crippen LogP contribution >= 0.6 is 11.9 Å². The predicted octanol–water partition coefficient (Wildman–Crippen LogP) is 5.72. The van der Waals surface area contributed by atoms with E-state index in [1.54, 1.807) is 0 Å². The molecule has 1 N–H and O–H groups in total. The van der Waals surface area contributed by atoms with Crippen molar-refractivity contribution in [1.82, 2.24) is 0 Å². The SMILES string of the molecule is C=Cc1ccc(NSCCC(F)(F)F)cc1N1CCC2(CC1)CC2. The molecule has 24 heavy (non-hydrogen) atoms. The summed E-state index contributed by atoms with van der Waals surface area (Å²) in [5.74, 6) is 0.00821. The summed E-state index contributed by atoms with van der Waals surface area (Å²) >= 11 is 1.10. The van der Waals surface area contributed by atoms with Gasteiger partial charge in [-0.25, -0.2) is 0 Å². The molecule has 0 aromatic heterocycles. The Kier molecular flexibility index (Phi) is 5.04. The number of benzene rings is 1. The van der Waals surface area contributed by atoms with Crippen LogP contribution in [0.1, 0.15) is 37.7 Å². The van der Waals surface area contributed by atoms with E-state index in [1.165, 1.54) is 25.7 Å². The molecule has 1 saturated heterocycles. The van der Waals surface area contributed by atoms with Gasteiger partial charge in [-0.15, -0.1) is 0 Å². The van der Waals surface area contributed by atoms with Gasteiger partial charge in [0, 0.05) is 30.2 Å². The van der Waals surface area contributed by atoms with Crippen LogP contribution in [0.4, 0.5) is 24.5 Å².